The first-order valence-electron chi connectivity index (χ1n) is 3.07. The molecule has 1 heteroatoms. The minimum Gasteiger partial charge on any atom is -0.0847 e. The summed E-state index contributed by atoms with van der Waals surface area (Å²) in [6.45, 7) is 0. The minimum atomic E-state index is 0.847. The Kier molecular flexibility index (Phi) is 2.59. The fourth-order valence-corrected chi connectivity index (χ4v) is 0.878. The van der Waals surface area contributed by atoms with Crippen molar-refractivity contribution < 1.29 is 0 Å². The lowest BCUT2D eigenvalue weighted by Gasteiger charge is -1.91. The lowest BCUT2D eigenvalue weighted by atomic mass is 10.2. The summed E-state index contributed by atoms with van der Waals surface area (Å²) >= 11 is 5.73. The van der Waals surface area contributed by atoms with Gasteiger partial charge in [0.25, 0.3) is 0 Å². The molecule has 0 aliphatic heterocycles. The summed E-state index contributed by atoms with van der Waals surface area (Å²) in [7, 11) is 0. The third-order valence-electron chi connectivity index (χ3n) is 1.16. The second-order valence-electron chi connectivity index (χ2n) is 1.93. The molecule has 0 aromatic heterocycles. The highest BCUT2D eigenvalue weighted by Crippen LogP contribution is 2.08. The molecule has 0 unspecified atom stereocenters. The number of halogens is 1. The first-order valence-corrected chi connectivity index (χ1v) is 3.44. The van der Waals surface area contributed by atoms with Crippen molar-refractivity contribution in [1.82, 2.24) is 0 Å². The fraction of sp³-hybridized carbons (Fsp3) is 0.250. The molecule has 0 fully saturated rings. The Balaban J connectivity index is 2.63. The van der Waals surface area contributed by atoms with Crippen LogP contribution < -0.4 is 0 Å². The Morgan fingerprint density at radius 3 is 2.78 bits per heavy atom. The first-order chi connectivity index (χ1) is 4.39. The normalized spacial score (nSPS) is 27.9. The molecule has 1 aliphatic rings. The van der Waals surface area contributed by atoms with E-state index in [9.17, 15) is 0 Å². The van der Waals surface area contributed by atoms with Crippen LogP contribution in [0.25, 0.3) is 0 Å². The largest absolute Gasteiger partial charge is 0.0847 e. The Morgan fingerprint density at radius 1 is 1.11 bits per heavy atom. The highest BCUT2D eigenvalue weighted by Gasteiger charge is 1.84. The topological polar surface area (TPSA) is 0 Å². The summed E-state index contributed by atoms with van der Waals surface area (Å²) in [6, 6.07) is 0. The third kappa shape index (κ3) is 2.52. The van der Waals surface area contributed by atoms with Crippen molar-refractivity contribution >= 4 is 11.6 Å². The highest BCUT2D eigenvalue weighted by molar-refractivity contribution is 6.31. The lowest BCUT2D eigenvalue weighted by molar-refractivity contribution is 1.28. The number of allylic oxidation sites excluding steroid dienone is 6. The molecule has 0 aromatic carbocycles. The standard InChI is InChI=1S/C8H9Cl/c9-8-6-4-2-1-3-5-7-8/h1-2,5-7H,3-4H2/b2-1-,7-5?,8-6+. The van der Waals surface area contributed by atoms with Gasteiger partial charge in [-0.2, -0.15) is 0 Å². The van der Waals surface area contributed by atoms with Gasteiger partial charge in [0.2, 0.25) is 0 Å². The average Bonchev–Trinajstić information content (AvgIpc) is 1.79. The van der Waals surface area contributed by atoms with Crippen LogP contribution in [0.2, 0.25) is 0 Å². The number of rotatable bonds is 0. The van der Waals surface area contributed by atoms with Crippen LogP contribution in [0.5, 0.6) is 0 Å². The van der Waals surface area contributed by atoms with E-state index in [0.29, 0.717) is 0 Å². The molecule has 0 saturated carbocycles. The van der Waals surface area contributed by atoms with Crippen molar-refractivity contribution in [2.45, 2.75) is 12.8 Å². The van der Waals surface area contributed by atoms with Crippen LogP contribution in [-0.4, -0.2) is 0 Å². The summed E-state index contributed by atoms with van der Waals surface area (Å²) in [6.07, 6.45) is 12.2. The van der Waals surface area contributed by atoms with Gasteiger partial charge in [0.1, 0.15) is 0 Å². The molecule has 0 spiro atoms. The Labute approximate surface area is 60.5 Å². The molecule has 0 atom stereocenters. The van der Waals surface area contributed by atoms with E-state index in [-0.39, 0.29) is 0 Å². The summed E-state index contributed by atoms with van der Waals surface area (Å²) in [5, 5.41) is 0.847. The Bertz CT molecular complexity index is 163. The molecule has 9 heavy (non-hydrogen) atoms. The van der Waals surface area contributed by atoms with Crippen molar-refractivity contribution in [2.24, 2.45) is 0 Å². The smallest absolute Gasteiger partial charge is 0.0366 e. The molecule has 0 bridgehead atoms. The lowest BCUT2D eigenvalue weighted by Crippen LogP contribution is -1.69. The Hall–Kier alpha value is -0.490. The number of hydrogen-bond acceptors (Lipinski definition) is 0. The van der Waals surface area contributed by atoms with Crippen LogP contribution in [0.3, 0.4) is 0 Å². The second kappa shape index (κ2) is 3.52. The van der Waals surface area contributed by atoms with Gasteiger partial charge in [0.15, 0.2) is 0 Å². The van der Waals surface area contributed by atoms with Gasteiger partial charge < -0.3 is 0 Å². The van der Waals surface area contributed by atoms with Crippen LogP contribution in [0, 0.1) is 0 Å². The van der Waals surface area contributed by atoms with Crippen LogP contribution >= 0.6 is 11.6 Å². The van der Waals surface area contributed by atoms with E-state index in [1.165, 1.54) is 0 Å². The molecule has 1 rings (SSSR count). The molecule has 48 valence electrons. The first kappa shape index (κ1) is 6.63. The molecule has 0 nitrogen and oxygen atoms in total. The summed E-state index contributed by atoms with van der Waals surface area (Å²) in [5.41, 5.74) is 0. The predicted octanol–water partition coefficient (Wildman–Crippen LogP) is 3.02. The van der Waals surface area contributed by atoms with Crippen LogP contribution in [0.4, 0.5) is 0 Å². The van der Waals surface area contributed by atoms with Gasteiger partial charge in [0.05, 0.1) is 0 Å². The van der Waals surface area contributed by atoms with E-state index >= 15 is 0 Å². The van der Waals surface area contributed by atoms with E-state index < -0.39 is 0 Å². The van der Waals surface area contributed by atoms with Crippen LogP contribution in [0.15, 0.2) is 35.4 Å². The zero-order valence-corrected chi connectivity index (χ0v) is 5.93. The van der Waals surface area contributed by atoms with Gasteiger partial charge in [-0.3, -0.25) is 0 Å². The van der Waals surface area contributed by atoms with E-state index in [0.717, 1.165) is 17.9 Å². The minimum absolute atomic E-state index is 0.847. The fourth-order valence-electron chi connectivity index (χ4n) is 0.700. The molecule has 0 amide bonds. The summed E-state index contributed by atoms with van der Waals surface area (Å²) < 4.78 is 0. The van der Waals surface area contributed by atoms with Gasteiger partial charge in [-0.25, -0.2) is 0 Å². The second-order valence-corrected chi connectivity index (χ2v) is 2.37. The monoisotopic (exact) mass is 140 g/mol. The van der Waals surface area contributed by atoms with Crippen molar-refractivity contribution in [3.63, 3.8) is 0 Å². The zero-order chi connectivity index (χ0) is 6.53. The van der Waals surface area contributed by atoms with Gasteiger partial charge >= 0.3 is 0 Å². The maximum Gasteiger partial charge on any atom is 0.0366 e. The molecule has 0 heterocycles. The van der Waals surface area contributed by atoms with E-state index in [2.05, 4.69) is 18.2 Å². The van der Waals surface area contributed by atoms with Gasteiger partial charge in [-0.1, -0.05) is 35.9 Å². The molecule has 0 radical (unpaired) electrons. The van der Waals surface area contributed by atoms with Gasteiger partial charge in [0, 0.05) is 5.03 Å². The molecule has 0 N–H and O–H groups in total. The van der Waals surface area contributed by atoms with Gasteiger partial charge in [-0.05, 0) is 18.9 Å². The van der Waals surface area contributed by atoms with Gasteiger partial charge in [-0.15, -0.1) is 0 Å². The number of hydrogen-bond donors (Lipinski definition) is 0. The quantitative estimate of drug-likeness (QED) is 0.454. The molecule has 1 aliphatic carbocycles. The van der Waals surface area contributed by atoms with E-state index in [4.69, 9.17) is 11.6 Å². The predicted molar refractivity (Wildman–Crippen MR) is 41.5 cm³/mol. The van der Waals surface area contributed by atoms with Crippen molar-refractivity contribution in [3.05, 3.63) is 35.4 Å². The molecule has 0 aromatic rings. The van der Waals surface area contributed by atoms with E-state index in [1.54, 1.807) is 0 Å². The van der Waals surface area contributed by atoms with Crippen molar-refractivity contribution in [2.75, 3.05) is 0 Å². The maximum absolute atomic E-state index is 5.73. The third-order valence-corrected chi connectivity index (χ3v) is 1.45. The molecular formula is C8H9Cl. The van der Waals surface area contributed by atoms with E-state index in [1.807, 2.05) is 12.2 Å². The molecule has 0 saturated heterocycles. The van der Waals surface area contributed by atoms with Crippen molar-refractivity contribution in [1.29, 1.82) is 0 Å². The Morgan fingerprint density at radius 2 is 1.89 bits per heavy atom. The van der Waals surface area contributed by atoms with Crippen LogP contribution in [-0.2, 0) is 0 Å². The van der Waals surface area contributed by atoms with Crippen molar-refractivity contribution in [3.8, 4) is 0 Å². The van der Waals surface area contributed by atoms with Crippen LogP contribution in [0.1, 0.15) is 12.8 Å². The SMILES string of the molecule is Cl/C1=C/C/C=C\CC=C1. The summed E-state index contributed by atoms with van der Waals surface area (Å²) in [5.74, 6) is 0. The maximum atomic E-state index is 5.73. The molecular weight excluding hydrogens is 132 g/mol. The highest BCUT2D eigenvalue weighted by atomic mass is 35.5. The average molecular weight is 141 g/mol. The zero-order valence-electron chi connectivity index (χ0n) is 5.18. The summed E-state index contributed by atoms with van der Waals surface area (Å²) in [4.78, 5) is 0.